The summed E-state index contributed by atoms with van der Waals surface area (Å²) in [5, 5.41) is 0. The average Bonchev–Trinajstić information content (AvgIpc) is 2.11. The monoisotopic (exact) mass is 280 g/mol. The van der Waals surface area contributed by atoms with Gasteiger partial charge in [-0.15, -0.1) is 0 Å². The van der Waals surface area contributed by atoms with Gasteiger partial charge in [0.2, 0.25) is 0 Å². The smallest absolute Gasteiger partial charge is 0.171 e. The minimum Gasteiger partial charge on any atom is -0.171 e. The lowest BCUT2D eigenvalue weighted by Crippen LogP contribution is -2.31. The quantitative estimate of drug-likeness (QED) is 0.523. The predicted molar refractivity (Wildman–Crippen MR) is 75.9 cm³/mol. The van der Waals surface area contributed by atoms with Crippen molar-refractivity contribution in [1.29, 1.82) is 0 Å². The lowest BCUT2D eigenvalue weighted by Gasteiger charge is -2.37. The van der Waals surface area contributed by atoms with E-state index in [2.05, 4.69) is 41.5 Å². The van der Waals surface area contributed by atoms with Crippen molar-refractivity contribution >= 4 is 0 Å². The molecule has 19 heavy (non-hydrogen) atoms. The molecule has 0 radical (unpaired) electrons. The van der Waals surface area contributed by atoms with Gasteiger partial charge in [-0.05, 0) is 41.9 Å². The maximum atomic E-state index is 12.5. The van der Waals surface area contributed by atoms with Gasteiger partial charge < -0.3 is 0 Å². The highest BCUT2D eigenvalue weighted by Gasteiger charge is 2.35. The van der Waals surface area contributed by atoms with E-state index in [1.807, 2.05) is 0 Å². The standard InChI is InChI=1S/C16H31F3/c1-10(2)14(15(11(3)4)12(5)6)8-13(7)9-16(17,18)19/h10-15H,8-9H2,1-7H3. The summed E-state index contributed by atoms with van der Waals surface area (Å²) in [6.45, 7) is 14.8. The molecule has 0 nitrogen and oxygen atoms in total. The summed E-state index contributed by atoms with van der Waals surface area (Å²) in [5.41, 5.74) is 0. The Balaban J connectivity index is 4.82. The molecule has 0 aromatic heterocycles. The van der Waals surface area contributed by atoms with Crippen molar-refractivity contribution in [2.75, 3.05) is 0 Å². The lowest BCUT2D eigenvalue weighted by molar-refractivity contribution is -0.145. The van der Waals surface area contributed by atoms with Gasteiger partial charge in [0.15, 0.2) is 0 Å². The molecular formula is C16H31F3. The highest BCUT2D eigenvalue weighted by atomic mass is 19.4. The summed E-state index contributed by atoms with van der Waals surface area (Å²) < 4.78 is 37.4. The summed E-state index contributed by atoms with van der Waals surface area (Å²) in [6, 6.07) is 0. The van der Waals surface area contributed by atoms with E-state index in [1.165, 1.54) is 0 Å². The van der Waals surface area contributed by atoms with Gasteiger partial charge in [0.1, 0.15) is 0 Å². The Morgan fingerprint density at radius 3 is 1.42 bits per heavy atom. The Morgan fingerprint density at radius 1 is 0.737 bits per heavy atom. The molecule has 0 spiro atoms. The largest absolute Gasteiger partial charge is 0.389 e. The topological polar surface area (TPSA) is 0 Å². The fourth-order valence-electron chi connectivity index (χ4n) is 3.58. The number of hydrogen-bond donors (Lipinski definition) is 0. The van der Waals surface area contributed by atoms with Crippen molar-refractivity contribution in [3.8, 4) is 0 Å². The van der Waals surface area contributed by atoms with Crippen LogP contribution in [0.3, 0.4) is 0 Å². The van der Waals surface area contributed by atoms with Crippen LogP contribution in [0.5, 0.6) is 0 Å². The number of rotatable bonds is 7. The van der Waals surface area contributed by atoms with Crippen LogP contribution in [0.2, 0.25) is 0 Å². The van der Waals surface area contributed by atoms with Crippen LogP contribution in [-0.2, 0) is 0 Å². The molecule has 0 saturated heterocycles. The molecule has 2 atom stereocenters. The van der Waals surface area contributed by atoms with Gasteiger partial charge >= 0.3 is 6.18 Å². The Morgan fingerprint density at radius 2 is 1.16 bits per heavy atom. The van der Waals surface area contributed by atoms with E-state index in [1.54, 1.807) is 6.92 Å². The van der Waals surface area contributed by atoms with Crippen molar-refractivity contribution in [1.82, 2.24) is 0 Å². The second-order valence-corrected chi connectivity index (χ2v) is 7.13. The maximum absolute atomic E-state index is 12.5. The van der Waals surface area contributed by atoms with Gasteiger partial charge in [0, 0.05) is 6.42 Å². The fourth-order valence-corrected chi connectivity index (χ4v) is 3.58. The van der Waals surface area contributed by atoms with Gasteiger partial charge in [-0.3, -0.25) is 0 Å². The molecule has 0 aromatic carbocycles. The molecule has 116 valence electrons. The third kappa shape index (κ3) is 7.22. The molecule has 0 aliphatic rings. The van der Waals surface area contributed by atoms with Gasteiger partial charge in [-0.25, -0.2) is 0 Å². The Bertz CT molecular complexity index is 233. The molecule has 0 heterocycles. The van der Waals surface area contributed by atoms with Gasteiger partial charge in [0.05, 0.1) is 0 Å². The van der Waals surface area contributed by atoms with E-state index in [9.17, 15) is 13.2 Å². The Labute approximate surface area is 117 Å². The molecule has 0 N–H and O–H groups in total. The van der Waals surface area contributed by atoms with Gasteiger partial charge in [-0.1, -0.05) is 48.5 Å². The fraction of sp³-hybridized carbons (Fsp3) is 1.00. The summed E-state index contributed by atoms with van der Waals surface area (Å²) in [6.07, 6.45) is -4.01. The molecule has 0 rings (SSSR count). The minimum absolute atomic E-state index is 0.285. The molecule has 0 aliphatic heterocycles. The number of halogens is 3. The van der Waals surface area contributed by atoms with E-state index < -0.39 is 12.6 Å². The van der Waals surface area contributed by atoms with Crippen LogP contribution < -0.4 is 0 Å². The minimum atomic E-state index is -4.04. The summed E-state index contributed by atoms with van der Waals surface area (Å²) >= 11 is 0. The molecule has 0 aliphatic carbocycles. The number of hydrogen-bond acceptors (Lipinski definition) is 0. The highest BCUT2D eigenvalue weighted by Crippen LogP contribution is 2.39. The zero-order valence-electron chi connectivity index (χ0n) is 13.5. The van der Waals surface area contributed by atoms with Gasteiger partial charge in [0.25, 0.3) is 0 Å². The first-order valence-corrected chi connectivity index (χ1v) is 7.52. The van der Waals surface area contributed by atoms with Crippen LogP contribution in [0.4, 0.5) is 13.2 Å². The number of alkyl halides is 3. The Kier molecular flexibility index (Phi) is 7.46. The van der Waals surface area contributed by atoms with Crippen LogP contribution in [0.15, 0.2) is 0 Å². The Hall–Kier alpha value is -0.210. The van der Waals surface area contributed by atoms with E-state index in [4.69, 9.17) is 0 Å². The van der Waals surface area contributed by atoms with Crippen LogP contribution in [0, 0.1) is 35.5 Å². The van der Waals surface area contributed by atoms with Crippen LogP contribution >= 0.6 is 0 Å². The summed E-state index contributed by atoms with van der Waals surface area (Å²) in [7, 11) is 0. The zero-order chi connectivity index (χ0) is 15.4. The first-order valence-electron chi connectivity index (χ1n) is 7.52. The molecule has 3 heteroatoms. The van der Waals surface area contributed by atoms with Gasteiger partial charge in [-0.2, -0.15) is 13.2 Å². The second kappa shape index (κ2) is 7.54. The SMILES string of the molecule is CC(CC(C(C)C)C(C(C)C)C(C)C)CC(F)(F)F. The average molecular weight is 280 g/mol. The lowest BCUT2D eigenvalue weighted by atomic mass is 9.68. The van der Waals surface area contributed by atoms with E-state index in [-0.39, 0.29) is 5.92 Å². The second-order valence-electron chi connectivity index (χ2n) is 7.13. The maximum Gasteiger partial charge on any atom is 0.389 e. The summed E-state index contributed by atoms with van der Waals surface area (Å²) in [4.78, 5) is 0. The van der Waals surface area contributed by atoms with Crippen molar-refractivity contribution in [3.63, 3.8) is 0 Å². The summed E-state index contributed by atoms with van der Waals surface area (Å²) in [5.74, 6) is 2.06. The molecule has 2 unspecified atom stereocenters. The van der Waals surface area contributed by atoms with Crippen molar-refractivity contribution in [2.45, 2.75) is 67.5 Å². The molecule has 0 fully saturated rings. The van der Waals surface area contributed by atoms with Crippen LogP contribution in [0.25, 0.3) is 0 Å². The van der Waals surface area contributed by atoms with Crippen LogP contribution in [0.1, 0.15) is 61.3 Å². The molecule has 0 bridgehead atoms. The van der Waals surface area contributed by atoms with Crippen molar-refractivity contribution in [2.24, 2.45) is 35.5 Å². The van der Waals surface area contributed by atoms with E-state index in [0.29, 0.717) is 36.0 Å². The van der Waals surface area contributed by atoms with E-state index >= 15 is 0 Å². The zero-order valence-corrected chi connectivity index (χ0v) is 13.5. The molecule has 0 saturated carbocycles. The first kappa shape index (κ1) is 18.8. The van der Waals surface area contributed by atoms with Crippen molar-refractivity contribution < 1.29 is 13.2 Å². The van der Waals surface area contributed by atoms with E-state index in [0.717, 1.165) is 0 Å². The highest BCUT2D eigenvalue weighted by molar-refractivity contribution is 4.80. The third-order valence-corrected chi connectivity index (χ3v) is 4.14. The van der Waals surface area contributed by atoms with Crippen LogP contribution in [-0.4, -0.2) is 6.18 Å². The predicted octanol–water partition coefficient (Wildman–Crippen LogP) is 6.17. The third-order valence-electron chi connectivity index (χ3n) is 4.14. The van der Waals surface area contributed by atoms with Crippen molar-refractivity contribution in [3.05, 3.63) is 0 Å². The molecular weight excluding hydrogens is 249 g/mol. The normalized spacial score (nSPS) is 16.7. The first-order chi connectivity index (χ1) is 8.45. The molecule has 0 aromatic rings. The molecule has 0 amide bonds.